The van der Waals surface area contributed by atoms with Crippen LogP contribution in [-0.4, -0.2) is 35.4 Å². The molecule has 0 aliphatic carbocycles. The molecule has 1 unspecified atom stereocenters. The van der Waals surface area contributed by atoms with Crippen LogP contribution in [0.4, 0.5) is 0 Å². The zero-order valence-corrected chi connectivity index (χ0v) is 21.9. The molecule has 0 bridgehead atoms. The van der Waals surface area contributed by atoms with Gasteiger partial charge in [-0.2, -0.15) is 0 Å². The molecule has 0 aliphatic heterocycles. The molecular formula is C31H38N2O3. The first-order valence-electron chi connectivity index (χ1n) is 12.7. The van der Waals surface area contributed by atoms with Crippen LogP contribution in [0.1, 0.15) is 48.9 Å². The maximum atomic E-state index is 13.6. The van der Waals surface area contributed by atoms with Gasteiger partial charge < -0.3 is 15.0 Å². The van der Waals surface area contributed by atoms with E-state index in [0.29, 0.717) is 32.4 Å². The van der Waals surface area contributed by atoms with Crippen molar-refractivity contribution in [3.63, 3.8) is 0 Å². The molecule has 0 aliphatic rings. The standard InChI is InChI=1S/C31H38N2O3/c1-23(2)32-31(35)29(21-26-12-6-5-7-13-26)33(22-27-14-9-8-11-25(27)4)30(34)15-10-20-36-28-18-16-24(3)17-19-28/h5-9,11-14,16-19,23,29H,10,15,20-22H2,1-4H3,(H,32,35). The van der Waals surface area contributed by atoms with Crippen LogP contribution in [0.5, 0.6) is 5.75 Å². The van der Waals surface area contributed by atoms with Crippen molar-refractivity contribution in [1.82, 2.24) is 10.2 Å². The zero-order chi connectivity index (χ0) is 25.9. The molecule has 1 N–H and O–H groups in total. The molecule has 2 amide bonds. The molecule has 5 nitrogen and oxygen atoms in total. The lowest BCUT2D eigenvalue weighted by atomic mass is 10.0. The molecule has 36 heavy (non-hydrogen) atoms. The van der Waals surface area contributed by atoms with E-state index in [1.807, 2.05) is 107 Å². The van der Waals surface area contributed by atoms with Crippen LogP contribution in [0.25, 0.3) is 0 Å². The van der Waals surface area contributed by atoms with E-state index < -0.39 is 6.04 Å². The van der Waals surface area contributed by atoms with Gasteiger partial charge in [0.25, 0.3) is 0 Å². The number of amides is 2. The number of carbonyl (C=O) groups is 2. The van der Waals surface area contributed by atoms with E-state index in [9.17, 15) is 9.59 Å². The predicted molar refractivity (Wildman–Crippen MR) is 145 cm³/mol. The number of carbonyl (C=O) groups excluding carboxylic acids is 2. The quantitative estimate of drug-likeness (QED) is 0.338. The third-order valence-corrected chi connectivity index (χ3v) is 6.13. The van der Waals surface area contributed by atoms with Gasteiger partial charge in [0.15, 0.2) is 0 Å². The third-order valence-electron chi connectivity index (χ3n) is 6.13. The topological polar surface area (TPSA) is 58.6 Å². The van der Waals surface area contributed by atoms with Crippen molar-refractivity contribution in [2.24, 2.45) is 0 Å². The summed E-state index contributed by atoms with van der Waals surface area (Å²) in [5.74, 6) is 0.611. The number of nitrogens with one attached hydrogen (secondary N) is 1. The van der Waals surface area contributed by atoms with Gasteiger partial charge in [-0.15, -0.1) is 0 Å². The molecule has 3 aromatic carbocycles. The van der Waals surface area contributed by atoms with Gasteiger partial charge in [0.05, 0.1) is 6.61 Å². The van der Waals surface area contributed by atoms with E-state index in [0.717, 1.165) is 22.4 Å². The number of nitrogens with zero attached hydrogens (tertiary/aromatic N) is 1. The minimum atomic E-state index is -0.611. The Labute approximate surface area is 215 Å². The molecule has 3 rings (SSSR count). The Morgan fingerprint density at radius 3 is 2.22 bits per heavy atom. The van der Waals surface area contributed by atoms with E-state index in [4.69, 9.17) is 4.74 Å². The highest BCUT2D eigenvalue weighted by Gasteiger charge is 2.30. The van der Waals surface area contributed by atoms with Crippen molar-refractivity contribution < 1.29 is 14.3 Å². The first-order valence-corrected chi connectivity index (χ1v) is 12.7. The van der Waals surface area contributed by atoms with Gasteiger partial charge in [0, 0.05) is 25.4 Å². The monoisotopic (exact) mass is 486 g/mol. The van der Waals surface area contributed by atoms with Gasteiger partial charge in [0.2, 0.25) is 11.8 Å². The van der Waals surface area contributed by atoms with Gasteiger partial charge in [-0.1, -0.05) is 72.3 Å². The number of ether oxygens (including phenoxy) is 1. The number of hydrogen-bond acceptors (Lipinski definition) is 3. The maximum absolute atomic E-state index is 13.6. The summed E-state index contributed by atoms with van der Waals surface area (Å²) in [6.45, 7) is 8.77. The Morgan fingerprint density at radius 2 is 1.56 bits per heavy atom. The molecule has 0 saturated carbocycles. The van der Waals surface area contributed by atoms with Crippen molar-refractivity contribution in [2.75, 3.05) is 6.61 Å². The highest BCUT2D eigenvalue weighted by atomic mass is 16.5. The largest absolute Gasteiger partial charge is 0.494 e. The van der Waals surface area contributed by atoms with E-state index in [1.165, 1.54) is 5.56 Å². The van der Waals surface area contributed by atoms with Crippen LogP contribution in [0.2, 0.25) is 0 Å². The molecule has 0 spiro atoms. The van der Waals surface area contributed by atoms with Crippen LogP contribution >= 0.6 is 0 Å². The summed E-state index contributed by atoms with van der Waals surface area (Å²) in [5.41, 5.74) is 4.33. The molecule has 5 heteroatoms. The molecule has 1 atom stereocenters. The normalized spacial score (nSPS) is 11.7. The Balaban J connectivity index is 1.79. The second kappa shape index (κ2) is 13.5. The lowest BCUT2D eigenvalue weighted by Crippen LogP contribution is -2.51. The summed E-state index contributed by atoms with van der Waals surface area (Å²) in [4.78, 5) is 28.8. The second-order valence-corrected chi connectivity index (χ2v) is 9.58. The maximum Gasteiger partial charge on any atom is 0.243 e. The zero-order valence-electron chi connectivity index (χ0n) is 21.9. The van der Waals surface area contributed by atoms with Crippen molar-refractivity contribution >= 4 is 11.8 Å². The molecule has 0 aromatic heterocycles. The van der Waals surface area contributed by atoms with E-state index in [1.54, 1.807) is 4.90 Å². The molecule has 0 saturated heterocycles. The van der Waals surface area contributed by atoms with Crippen LogP contribution < -0.4 is 10.1 Å². The fourth-order valence-electron chi connectivity index (χ4n) is 4.10. The van der Waals surface area contributed by atoms with Crippen molar-refractivity contribution in [3.05, 3.63) is 101 Å². The highest BCUT2D eigenvalue weighted by Crippen LogP contribution is 2.19. The van der Waals surface area contributed by atoms with Crippen molar-refractivity contribution in [1.29, 1.82) is 0 Å². The Hall–Kier alpha value is -3.60. The summed E-state index contributed by atoms with van der Waals surface area (Å²) in [6.07, 6.45) is 1.33. The van der Waals surface area contributed by atoms with Crippen LogP contribution in [0, 0.1) is 13.8 Å². The SMILES string of the molecule is Cc1ccc(OCCCC(=O)N(Cc2ccccc2C)C(Cc2ccccc2)C(=O)NC(C)C)cc1. The first-order chi connectivity index (χ1) is 17.3. The summed E-state index contributed by atoms with van der Waals surface area (Å²) in [7, 11) is 0. The Kier molecular flexibility index (Phi) is 10.1. The Morgan fingerprint density at radius 1 is 0.889 bits per heavy atom. The van der Waals surface area contributed by atoms with Gasteiger partial charge in [-0.3, -0.25) is 9.59 Å². The average Bonchev–Trinajstić information content (AvgIpc) is 2.86. The minimum absolute atomic E-state index is 0.0194. The minimum Gasteiger partial charge on any atom is -0.494 e. The lowest BCUT2D eigenvalue weighted by Gasteiger charge is -2.32. The second-order valence-electron chi connectivity index (χ2n) is 9.58. The third kappa shape index (κ3) is 8.26. The number of benzene rings is 3. The highest BCUT2D eigenvalue weighted by molar-refractivity contribution is 5.88. The summed E-state index contributed by atoms with van der Waals surface area (Å²) in [5, 5.41) is 3.03. The fraction of sp³-hybridized carbons (Fsp3) is 0.355. The van der Waals surface area contributed by atoms with Gasteiger partial charge >= 0.3 is 0 Å². The summed E-state index contributed by atoms with van der Waals surface area (Å²) < 4.78 is 5.83. The van der Waals surface area contributed by atoms with Gasteiger partial charge in [-0.25, -0.2) is 0 Å². The molecule has 190 valence electrons. The van der Waals surface area contributed by atoms with Crippen LogP contribution in [-0.2, 0) is 22.6 Å². The number of rotatable bonds is 12. The van der Waals surface area contributed by atoms with Crippen molar-refractivity contribution in [2.45, 2.75) is 65.6 Å². The molecule has 0 radical (unpaired) electrons. The number of hydrogen-bond donors (Lipinski definition) is 1. The summed E-state index contributed by atoms with van der Waals surface area (Å²) >= 11 is 0. The summed E-state index contributed by atoms with van der Waals surface area (Å²) in [6, 6.07) is 25.2. The fourth-order valence-corrected chi connectivity index (χ4v) is 4.10. The lowest BCUT2D eigenvalue weighted by molar-refractivity contribution is -0.141. The van der Waals surface area contributed by atoms with Gasteiger partial charge in [-0.05, 0) is 62.9 Å². The van der Waals surface area contributed by atoms with Crippen LogP contribution in [0.3, 0.4) is 0 Å². The van der Waals surface area contributed by atoms with Crippen molar-refractivity contribution in [3.8, 4) is 5.75 Å². The van der Waals surface area contributed by atoms with E-state index in [-0.39, 0.29) is 17.9 Å². The van der Waals surface area contributed by atoms with E-state index in [2.05, 4.69) is 5.32 Å². The van der Waals surface area contributed by atoms with Crippen LogP contribution in [0.15, 0.2) is 78.9 Å². The smallest absolute Gasteiger partial charge is 0.243 e. The predicted octanol–water partition coefficient (Wildman–Crippen LogP) is 5.63. The van der Waals surface area contributed by atoms with E-state index >= 15 is 0 Å². The molecule has 3 aromatic rings. The molecule has 0 heterocycles. The Bertz CT molecular complexity index is 1110. The average molecular weight is 487 g/mol. The molecular weight excluding hydrogens is 448 g/mol. The molecule has 0 fully saturated rings. The number of aryl methyl sites for hydroxylation is 2. The first kappa shape index (κ1) is 27.0. The van der Waals surface area contributed by atoms with Gasteiger partial charge in [0.1, 0.15) is 11.8 Å².